The van der Waals surface area contributed by atoms with Crippen LogP contribution in [-0.4, -0.2) is 52.8 Å². The standard InChI is InChI=1S/C30H24ClN3O6S/c1-39-29(37)23-16-20(11-12-24(23)31)32-27(35)18-34-28(36)26(41-30(34)38)15-19-17-33(25-10-6-5-9-22(19)25)13-14-40-21-7-3-2-4-8-21/h2-12,15-17H,13-14,18H2,1H3,(H,32,35)/b26-15-. The Labute approximate surface area is 244 Å². The topological polar surface area (TPSA) is 107 Å². The summed E-state index contributed by atoms with van der Waals surface area (Å²) in [6.07, 6.45) is 3.58. The quantitative estimate of drug-likeness (QED) is 0.193. The van der Waals surface area contributed by atoms with Crippen LogP contribution < -0.4 is 10.1 Å². The SMILES string of the molecule is COC(=O)c1cc(NC(=O)CN2C(=O)S/C(=C\c3cn(CCOc4ccccc4)c4ccccc34)C2=O)ccc1Cl. The zero-order chi connectivity index (χ0) is 28.9. The van der Waals surface area contributed by atoms with Crippen LogP contribution in [-0.2, 0) is 20.9 Å². The molecule has 1 N–H and O–H groups in total. The number of amides is 3. The number of hydrogen-bond donors (Lipinski definition) is 1. The van der Waals surface area contributed by atoms with Crippen molar-refractivity contribution in [2.45, 2.75) is 6.54 Å². The molecule has 0 bridgehead atoms. The highest BCUT2D eigenvalue weighted by Gasteiger charge is 2.36. The highest BCUT2D eigenvalue weighted by atomic mass is 35.5. The third kappa shape index (κ3) is 6.29. The molecule has 0 unspecified atom stereocenters. The van der Waals surface area contributed by atoms with Gasteiger partial charge >= 0.3 is 5.97 Å². The predicted molar refractivity (Wildman–Crippen MR) is 158 cm³/mol. The molecule has 1 saturated heterocycles. The maximum atomic E-state index is 13.1. The lowest BCUT2D eigenvalue weighted by Gasteiger charge is -2.13. The molecule has 1 aliphatic rings. The van der Waals surface area contributed by atoms with Gasteiger partial charge < -0.3 is 19.4 Å². The minimum atomic E-state index is -0.660. The van der Waals surface area contributed by atoms with E-state index < -0.39 is 29.6 Å². The smallest absolute Gasteiger partial charge is 0.339 e. The van der Waals surface area contributed by atoms with Crippen molar-refractivity contribution in [2.75, 3.05) is 25.6 Å². The van der Waals surface area contributed by atoms with Crippen molar-refractivity contribution in [1.29, 1.82) is 0 Å². The Morgan fingerprint density at radius 2 is 1.78 bits per heavy atom. The Hall–Kier alpha value is -4.54. The number of para-hydroxylation sites is 2. The fourth-order valence-electron chi connectivity index (χ4n) is 4.34. The fourth-order valence-corrected chi connectivity index (χ4v) is 5.37. The Kier molecular flexibility index (Phi) is 8.42. The summed E-state index contributed by atoms with van der Waals surface area (Å²) in [6, 6.07) is 21.6. The minimum Gasteiger partial charge on any atom is -0.492 e. The first-order valence-corrected chi connectivity index (χ1v) is 13.7. The number of halogens is 1. The van der Waals surface area contributed by atoms with Crippen molar-refractivity contribution in [3.8, 4) is 5.75 Å². The molecule has 3 amide bonds. The van der Waals surface area contributed by atoms with Crippen LogP contribution in [0.25, 0.3) is 17.0 Å². The zero-order valence-electron chi connectivity index (χ0n) is 21.8. The van der Waals surface area contributed by atoms with Crippen molar-refractivity contribution in [2.24, 2.45) is 0 Å². The molecule has 3 aromatic carbocycles. The van der Waals surface area contributed by atoms with Crippen molar-refractivity contribution in [3.63, 3.8) is 0 Å². The molecule has 1 aromatic heterocycles. The molecule has 1 aliphatic heterocycles. The summed E-state index contributed by atoms with van der Waals surface area (Å²) in [5.41, 5.74) is 2.08. The third-order valence-corrected chi connectivity index (χ3v) is 7.52. The second-order valence-corrected chi connectivity index (χ2v) is 10.4. The Morgan fingerprint density at radius 1 is 1.02 bits per heavy atom. The molecule has 0 aliphatic carbocycles. The van der Waals surface area contributed by atoms with E-state index in [2.05, 4.69) is 10.1 Å². The molecule has 9 nitrogen and oxygen atoms in total. The van der Waals surface area contributed by atoms with Crippen LogP contribution in [0, 0.1) is 0 Å². The summed E-state index contributed by atoms with van der Waals surface area (Å²) in [5, 5.41) is 3.11. The van der Waals surface area contributed by atoms with Crippen LogP contribution in [0.3, 0.4) is 0 Å². The fraction of sp³-hybridized carbons (Fsp3) is 0.133. The average molecular weight is 590 g/mol. The summed E-state index contributed by atoms with van der Waals surface area (Å²) in [5.74, 6) is -1.05. The summed E-state index contributed by atoms with van der Waals surface area (Å²) in [6.45, 7) is 0.534. The second kappa shape index (κ2) is 12.3. The van der Waals surface area contributed by atoms with Gasteiger partial charge in [-0.1, -0.05) is 48.0 Å². The van der Waals surface area contributed by atoms with Crippen LogP contribution in [0.4, 0.5) is 10.5 Å². The Morgan fingerprint density at radius 3 is 2.56 bits per heavy atom. The number of aromatic nitrogens is 1. The van der Waals surface area contributed by atoms with E-state index >= 15 is 0 Å². The molecular formula is C30H24ClN3O6S. The maximum Gasteiger partial charge on any atom is 0.339 e. The number of nitrogens with one attached hydrogen (secondary N) is 1. The third-order valence-electron chi connectivity index (χ3n) is 6.28. The molecule has 1 fully saturated rings. The van der Waals surface area contributed by atoms with E-state index in [-0.39, 0.29) is 21.2 Å². The average Bonchev–Trinajstić information content (AvgIpc) is 3.46. The first kappa shape index (κ1) is 28.0. The molecule has 0 radical (unpaired) electrons. The molecular weight excluding hydrogens is 566 g/mol. The van der Waals surface area contributed by atoms with Gasteiger partial charge in [-0.2, -0.15) is 0 Å². The molecule has 2 heterocycles. The van der Waals surface area contributed by atoms with E-state index in [1.165, 1.54) is 25.3 Å². The number of imide groups is 1. The van der Waals surface area contributed by atoms with Gasteiger partial charge in [-0.15, -0.1) is 0 Å². The number of hydrogen-bond acceptors (Lipinski definition) is 7. The Balaban J connectivity index is 1.29. The van der Waals surface area contributed by atoms with Gasteiger partial charge in [0.2, 0.25) is 5.91 Å². The maximum absolute atomic E-state index is 13.1. The van der Waals surface area contributed by atoms with Crippen molar-refractivity contribution in [3.05, 3.63) is 100 Å². The van der Waals surface area contributed by atoms with Gasteiger partial charge in [0.15, 0.2) is 0 Å². The number of fused-ring (bicyclic) bond motifs is 1. The second-order valence-electron chi connectivity index (χ2n) is 8.96. The monoisotopic (exact) mass is 589 g/mol. The van der Waals surface area contributed by atoms with Gasteiger partial charge in [0.05, 0.1) is 29.1 Å². The predicted octanol–water partition coefficient (Wildman–Crippen LogP) is 5.84. The van der Waals surface area contributed by atoms with E-state index in [1.54, 1.807) is 6.08 Å². The lowest BCUT2D eigenvalue weighted by Crippen LogP contribution is -2.36. The minimum absolute atomic E-state index is 0.0758. The van der Waals surface area contributed by atoms with Gasteiger partial charge in [-0.3, -0.25) is 19.3 Å². The number of thioether (sulfide) groups is 1. The molecule has 5 rings (SSSR count). The Bertz CT molecular complexity index is 1680. The molecule has 4 aromatic rings. The first-order chi connectivity index (χ1) is 19.8. The molecule has 208 valence electrons. The number of benzene rings is 3. The lowest BCUT2D eigenvalue weighted by molar-refractivity contribution is -0.127. The molecule has 11 heteroatoms. The van der Waals surface area contributed by atoms with Gasteiger partial charge in [0.25, 0.3) is 11.1 Å². The van der Waals surface area contributed by atoms with E-state index in [0.717, 1.165) is 38.9 Å². The van der Waals surface area contributed by atoms with E-state index in [0.29, 0.717) is 13.2 Å². The van der Waals surface area contributed by atoms with Gasteiger partial charge in [0, 0.05) is 28.4 Å². The molecule has 0 atom stereocenters. The van der Waals surface area contributed by atoms with Gasteiger partial charge in [0.1, 0.15) is 18.9 Å². The molecule has 0 saturated carbocycles. The number of ether oxygens (including phenoxy) is 2. The highest BCUT2D eigenvalue weighted by Crippen LogP contribution is 2.34. The molecule has 0 spiro atoms. The summed E-state index contributed by atoms with van der Waals surface area (Å²) < 4.78 is 12.6. The van der Waals surface area contributed by atoms with Crippen molar-refractivity contribution in [1.82, 2.24) is 9.47 Å². The van der Waals surface area contributed by atoms with E-state index in [9.17, 15) is 19.2 Å². The summed E-state index contributed by atoms with van der Waals surface area (Å²) in [7, 11) is 1.22. The van der Waals surface area contributed by atoms with Crippen LogP contribution in [0.15, 0.2) is 83.9 Å². The number of carbonyl (C=O) groups excluding carboxylic acids is 4. The van der Waals surface area contributed by atoms with Crippen molar-refractivity contribution >= 4 is 69.1 Å². The van der Waals surface area contributed by atoms with Crippen LogP contribution in [0.2, 0.25) is 5.02 Å². The zero-order valence-corrected chi connectivity index (χ0v) is 23.4. The number of methoxy groups -OCH3 is 1. The number of rotatable bonds is 9. The van der Waals surface area contributed by atoms with E-state index in [4.69, 9.17) is 16.3 Å². The first-order valence-electron chi connectivity index (χ1n) is 12.5. The van der Waals surface area contributed by atoms with Crippen LogP contribution >= 0.6 is 23.4 Å². The van der Waals surface area contributed by atoms with E-state index in [1.807, 2.05) is 65.4 Å². The number of nitrogens with zero attached hydrogens (tertiary/aromatic N) is 2. The van der Waals surface area contributed by atoms with Gasteiger partial charge in [-0.25, -0.2) is 4.79 Å². The van der Waals surface area contributed by atoms with Crippen LogP contribution in [0.5, 0.6) is 5.75 Å². The number of anilines is 1. The largest absolute Gasteiger partial charge is 0.492 e. The van der Waals surface area contributed by atoms with Crippen molar-refractivity contribution < 1.29 is 28.7 Å². The summed E-state index contributed by atoms with van der Waals surface area (Å²) in [4.78, 5) is 51.5. The molecule has 41 heavy (non-hydrogen) atoms. The van der Waals surface area contributed by atoms with Gasteiger partial charge in [-0.05, 0) is 54.2 Å². The number of esters is 1. The normalized spacial score (nSPS) is 14.1. The highest BCUT2D eigenvalue weighted by molar-refractivity contribution is 8.18. The number of carbonyl (C=O) groups is 4. The van der Waals surface area contributed by atoms with Crippen LogP contribution in [0.1, 0.15) is 15.9 Å². The summed E-state index contributed by atoms with van der Waals surface area (Å²) >= 11 is 6.80. The lowest BCUT2D eigenvalue weighted by atomic mass is 10.1.